The van der Waals surface area contributed by atoms with Crippen LogP contribution in [0.15, 0.2) is 164 Å². The average molecular weight is 598 g/mol. The van der Waals surface area contributed by atoms with Crippen molar-refractivity contribution in [1.82, 2.24) is 14.5 Å². The first-order valence-electron chi connectivity index (χ1n) is 16.0. The van der Waals surface area contributed by atoms with Gasteiger partial charge in [0.15, 0.2) is 5.65 Å². The topological polar surface area (TPSA) is 30.7 Å². The van der Waals surface area contributed by atoms with E-state index in [9.17, 15) is 0 Å². The van der Waals surface area contributed by atoms with Gasteiger partial charge in [0.1, 0.15) is 5.52 Å². The first-order chi connectivity index (χ1) is 23.3. The van der Waals surface area contributed by atoms with Crippen LogP contribution >= 0.6 is 0 Å². The number of nitrogens with zero attached hydrogens (tertiary/aromatic N) is 3. The van der Waals surface area contributed by atoms with E-state index < -0.39 is 0 Å². The maximum atomic E-state index is 5.21. The molecule has 0 unspecified atom stereocenters. The summed E-state index contributed by atoms with van der Waals surface area (Å²) in [5.41, 5.74) is 10.6. The van der Waals surface area contributed by atoms with Crippen molar-refractivity contribution in [1.29, 1.82) is 0 Å². The minimum atomic E-state index is 0.864. The Morgan fingerprint density at radius 1 is 0.383 bits per heavy atom. The van der Waals surface area contributed by atoms with E-state index in [1.807, 2.05) is 30.3 Å². The van der Waals surface area contributed by atoms with Crippen LogP contribution in [0.5, 0.6) is 0 Å². The van der Waals surface area contributed by atoms with Gasteiger partial charge in [0.05, 0.1) is 16.6 Å². The zero-order chi connectivity index (χ0) is 30.9. The van der Waals surface area contributed by atoms with E-state index in [0.29, 0.717) is 0 Å². The molecule has 8 aromatic carbocycles. The molecule has 3 nitrogen and oxygen atoms in total. The summed E-state index contributed by atoms with van der Waals surface area (Å²) < 4.78 is 2.24. The van der Waals surface area contributed by atoms with Crippen molar-refractivity contribution >= 4 is 65.4 Å². The number of hydrogen-bond acceptors (Lipinski definition) is 2. The van der Waals surface area contributed by atoms with Gasteiger partial charge >= 0.3 is 0 Å². The van der Waals surface area contributed by atoms with Crippen LogP contribution in [0.3, 0.4) is 0 Å². The molecule has 0 N–H and O–H groups in total. The Hall–Kier alpha value is -6.32. The van der Waals surface area contributed by atoms with E-state index >= 15 is 0 Å². The molecule has 0 aliphatic heterocycles. The van der Waals surface area contributed by atoms with Crippen molar-refractivity contribution in [2.75, 3.05) is 0 Å². The van der Waals surface area contributed by atoms with Crippen molar-refractivity contribution in [2.24, 2.45) is 0 Å². The maximum absolute atomic E-state index is 5.21. The van der Waals surface area contributed by atoms with Crippen LogP contribution in [0.1, 0.15) is 0 Å². The summed E-state index contributed by atoms with van der Waals surface area (Å²) >= 11 is 0. The third-order valence-corrected chi connectivity index (χ3v) is 9.53. The van der Waals surface area contributed by atoms with Crippen molar-refractivity contribution < 1.29 is 0 Å². The fraction of sp³-hybridized carbons (Fsp3) is 0. The third-order valence-electron chi connectivity index (χ3n) is 9.53. The molecule has 0 radical (unpaired) electrons. The van der Waals surface area contributed by atoms with E-state index in [1.54, 1.807) is 0 Å². The van der Waals surface area contributed by atoms with Crippen LogP contribution in [0.2, 0.25) is 0 Å². The Balaban J connectivity index is 1.30. The smallest absolute Gasteiger partial charge is 0.165 e. The number of para-hydroxylation sites is 3. The zero-order valence-electron chi connectivity index (χ0n) is 25.4. The van der Waals surface area contributed by atoms with Crippen molar-refractivity contribution in [3.8, 4) is 27.9 Å². The van der Waals surface area contributed by atoms with Gasteiger partial charge in [-0.3, -0.25) is 4.57 Å². The Bertz CT molecular complexity index is 2790. The molecule has 0 fully saturated rings. The fourth-order valence-electron chi connectivity index (χ4n) is 7.45. The van der Waals surface area contributed by atoms with Gasteiger partial charge < -0.3 is 0 Å². The average Bonchev–Trinajstić information content (AvgIpc) is 3.45. The first kappa shape index (κ1) is 26.0. The summed E-state index contributed by atoms with van der Waals surface area (Å²) in [5.74, 6) is 0. The standard InChI is InChI=1S/C44H27N3/c1-2-14-32(15-3-1)47-40-25-24-31(27-37(40)43-44(47)46-39-21-11-10-20-38(39)45-43)42-35-18-8-6-16-33(35)41(34-17-7-9-19-36(34)42)30-23-22-28-12-4-5-13-29(28)26-30/h1-27H. The Morgan fingerprint density at radius 2 is 0.915 bits per heavy atom. The third kappa shape index (κ3) is 3.93. The summed E-state index contributed by atoms with van der Waals surface area (Å²) in [6, 6.07) is 58.6. The Labute approximate surface area is 271 Å². The molecule has 0 atom stereocenters. The number of aromatic nitrogens is 3. The van der Waals surface area contributed by atoms with Gasteiger partial charge in [-0.05, 0) is 97.0 Å². The van der Waals surface area contributed by atoms with E-state index in [2.05, 4.69) is 138 Å². The highest BCUT2D eigenvalue weighted by Crippen LogP contribution is 2.45. The highest BCUT2D eigenvalue weighted by molar-refractivity contribution is 6.22. The SMILES string of the molecule is c1ccc(-n2c3ccc(-c4c5ccccc5c(-c5ccc6ccccc6c5)c5ccccc45)cc3c3nc4ccccc4nc32)cc1. The molecule has 3 heteroatoms. The molecule has 2 aromatic heterocycles. The van der Waals surface area contributed by atoms with Crippen LogP contribution in [0, 0.1) is 0 Å². The summed E-state index contributed by atoms with van der Waals surface area (Å²) in [4.78, 5) is 10.4. The van der Waals surface area contributed by atoms with Crippen molar-refractivity contribution in [3.63, 3.8) is 0 Å². The second-order valence-electron chi connectivity index (χ2n) is 12.2. The molecule has 0 amide bonds. The van der Waals surface area contributed by atoms with Gasteiger partial charge in [0, 0.05) is 11.1 Å². The monoisotopic (exact) mass is 597 g/mol. The minimum Gasteiger partial charge on any atom is -0.293 e. The Kier molecular flexibility index (Phi) is 5.57. The lowest BCUT2D eigenvalue weighted by molar-refractivity contribution is 1.14. The van der Waals surface area contributed by atoms with Gasteiger partial charge in [-0.2, -0.15) is 0 Å². The van der Waals surface area contributed by atoms with Crippen LogP contribution in [0.4, 0.5) is 0 Å². The predicted octanol–water partition coefficient (Wildman–Crippen LogP) is 11.5. The fourth-order valence-corrected chi connectivity index (χ4v) is 7.45. The normalized spacial score (nSPS) is 11.8. The summed E-state index contributed by atoms with van der Waals surface area (Å²) in [6.07, 6.45) is 0. The zero-order valence-corrected chi connectivity index (χ0v) is 25.4. The molecule has 218 valence electrons. The van der Waals surface area contributed by atoms with E-state index in [1.165, 1.54) is 49.0 Å². The molecule has 0 bridgehead atoms. The lowest BCUT2D eigenvalue weighted by atomic mass is 9.85. The first-order valence-corrected chi connectivity index (χ1v) is 16.0. The molecule has 0 saturated heterocycles. The van der Waals surface area contributed by atoms with Gasteiger partial charge in [0.25, 0.3) is 0 Å². The van der Waals surface area contributed by atoms with Gasteiger partial charge in [-0.25, -0.2) is 9.97 Å². The maximum Gasteiger partial charge on any atom is 0.165 e. The summed E-state index contributed by atoms with van der Waals surface area (Å²) in [7, 11) is 0. The predicted molar refractivity (Wildman–Crippen MR) is 197 cm³/mol. The van der Waals surface area contributed by atoms with Crippen LogP contribution in [-0.2, 0) is 0 Å². The lowest BCUT2D eigenvalue weighted by Gasteiger charge is -2.18. The molecule has 2 heterocycles. The van der Waals surface area contributed by atoms with Gasteiger partial charge in [-0.1, -0.05) is 121 Å². The van der Waals surface area contributed by atoms with Gasteiger partial charge in [0.2, 0.25) is 0 Å². The molecule has 0 saturated carbocycles. The number of rotatable bonds is 3. The molecule has 10 rings (SSSR count). The van der Waals surface area contributed by atoms with E-state index in [0.717, 1.165) is 44.4 Å². The van der Waals surface area contributed by atoms with E-state index in [4.69, 9.17) is 9.97 Å². The molecule has 0 spiro atoms. The van der Waals surface area contributed by atoms with Gasteiger partial charge in [-0.15, -0.1) is 0 Å². The minimum absolute atomic E-state index is 0.864. The summed E-state index contributed by atoms with van der Waals surface area (Å²) in [5, 5.41) is 8.54. The Morgan fingerprint density at radius 3 is 1.60 bits per heavy atom. The largest absolute Gasteiger partial charge is 0.293 e. The van der Waals surface area contributed by atoms with Crippen LogP contribution in [0.25, 0.3) is 93.4 Å². The quantitative estimate of drug-likeness (QED) is 0.190. The molecule has 0 aliphatic rings. The number of hydrogen-bond donors (Lipinski definition) is 0. The highest BCUT2D eigenvalue weighted by Gasteiger charge is 2.20. The molecule has 10 aromatic rings. The second kappa shape index (κ2) is 10.1. The molecular weight excluding hydrogens is 571 g/mol. The lowest BCUT2D eigenvalue weighted by Crippen LogP contribution is -1.96. The molecule has 0 aliphatic carbocycles. The number of benzene rings is 8. The second-order valence-corrected chi connectivity index (χ2v) is 12.2. The van der Waals surface area contributed by atoms with Crippen LogP contribution < -0.4 is 0 Å². The number of fused-ring (bicyclic) bond motifs is 7. The van der Waals surface area contributed by atoms with E-state index in [-0.39, 0.29) is 0 Å². The van der Waals surface area contributed by atoms with Crippen molar-refractivity contribution in [3.05, 3.63) is 164 Å². The highest BCUT2D eigenvalue weighted by atomic mass is 15.1. The van der Waals surface area contributed by atoms with Crippen LogP contribution in [-0.4, -0.2) is 14.5 Å². The molecule has 47 heavy (non-hydrogen) atoms. The summed E-state index contributed by atoms with van der Waals surface area (Å²) in [6.45, 7) is 0. The molecular formula is C44H27N3. The van der Waals surface area contributed by atoms with Crippen molar-refractivity contribution in [2.45, 2.75) is 0 Å².